The molecule has 3 aromatic carbocycles. The lowest BCUT2D eigenvalue weighted by molar-refractivity contribution is -0.118. The number of aromatic nitrogens is 2. The first-order chi connectivity index (χ1) is 15.1. The molecule has 0 radical (unpaired) electrons. The molecular weight excluding hydrogens is 412 g/mol. The molecule has 4 rings (SSSR count). The van der Waals surface area contributed by atoms with E-state index in [4.69, 9.17) is 0 Å². The Hall–Kier alpha value is -3.91. The Bertz CT molecular complexity index is 1320. The van der Waals surface area contributed by atoms with Crippen LogP contribution in [0.15, 0.2) is 93.9 Å². The van der Waals surface area contributed by atoms with E-state index in [0.29, 0.717) is 27.3 Å². The molecule has 0 aliphatic heterocycles. The van der Waals surface area contributed by atoms with E-state index in [0.717, 1.165) is 11.8 Å². The first-order valence-electron chi connectivity index (χ1n) is 9.43. The SMILES string of the molecule is O=C(CSc1nc2ccccc2c(=O)n1-c1ccccc1)NN=Cc1cccc(O)c1. The molecule has 154 valence electrons. The molecule has 0 aliphatic carbocycles. The largest absolute Gasteiger partial charge is 0.508 e. The number of phenolic OH excluding ortho intramolecular Hbond substituents is 1. The van der Waals surface area contributed by atoms with Crippen LogP contribution in [0.5, 0.6) is 5.75 Å². The minimum absolute atomic E-state index is 0.0228. The summed E-state index contributed by atoms with van der Waals surface area (Å²) in [4.78, 5) is 30.0. The predicted molar refractivity (Wildman–Crippen MR) is 122 cm³/mol. The number of benzene rings is 3. The monoisotopic (exact) mass is 430 g/mol. The number of hydrogen-bond donors (Lipinski definition) is 2. The van der Waals surface area contributed by atoms with Crippen molar-refractivity contribution in [3.05, 3.63) is 94.8 Å². The summed E-state index contributed by atoms with van der Waals surface area (Å²) in [5.41, 5.74) is 4.16. The number of fused-ring (bicyclic) bond motifs is 1. The molecule has 31 heavy (non-hydrogen) atoms. The summed E-state index contributed by atoms with van der Waals surface area (Å²) in [6.07, 6.45) is 1.44. The maximum atomic E-state index is 13.1. The normalized spacial score (nSPS) is 11.1. The van der Waals surface area contributed by atoms with Crippen molar-refractivity contribution in [3.63, 3.8) is 0 Å². The molecule has 1 aromatic heterocycles. The minimum Gasteiger partial charge on any atom is -0.508 e. The van der Waals surface area contributed by atoms with E-state index in [9.17, 15) is 14.7 Å². The van der Waals surface area contributed by atoms with Crippen molar-refractivity contribution >= 4 is 34.8 Å². The molecule has 0 spiro atoms. The summed E-state index contributed by atoms with van der Waals surface area (Å²) in [5.74, 6) is -0.204. The van der Waals surface area contributed by atoms with E-state index in [1.807, 2.05) is 36.4 Å². The molecule has 0 saturated heterocycles. The highest BCUT2D eigenvalue weighted by Crippen LogP contribution is 2.21. The molecule has 8 heteroatoms. The number of rotatable bonds is 6. The molecule has 0 unspecified atom stereocenters. The number of thioether (sulfide) groups is 1. The zero-order valence-corrected chi connectivity index (χ0v) is 17.1. The van der Waals surface area contributed by atoms with E-state index in [2.05, 4.69) is 15.5 Å². The van der Waals surface area contributed by atoms with Crippen molar-refractivity contribution in [2.45, 2.75) is 5.16 Å². The topological polar surface area (TPSA) is 96.6 Å². The Morgan fingerprint density at radius 2 is 1.84 bits per heavy atom. The smallest absolute Gasteiger partial charge is 0.266 e. The Labute approximate surface area is 182 Å². The molecule has 2 N–H and O–H groups in total. The Morgan fingerprint density at radius 1 is 1.06 bits per heavy atom. The standard InChI is InChI=1S/C23H18N4O3S/c28-18-10-6-7-16(13-18)14-24-26-21(29)15-31-23-25-20-12-5-4-11-19(20)22(30)27(23)17-8-2-1-3-9-17/h1-14,28H,15H2,(H,26,29). The van der Waals surface area contributed by atoms with Crippen LogP contribution < -0.4 is 11.0 Å². The van der Waals surface area contributed by atoms with Crippen molar-refractivity contribution in [3.8, 4) is 11.4 Å². The third-order valence-corrected chi connectivity index (χ3v) is 5.30. The highest BCUT2D eigenvalue weighted by atomic mass is 32.2. The van der Waals surface area contributed by atoms with Gasteiger partial charge in [-0.15, -0.1) is 0 Å². The van der Waals surface area contributed by atoms with Crippen molar-refractivity contribution < 1.29 is 9.90 Å². The average Bonchev–Trinajstić information content (AvgIpc) is 2.78. The van der Waals surface area contributed by atoms with Gasteiger partial charge in [-0.3, -0.25) is 14.2 Å². The van der Waals surface area contributed by atoms with E-state index < -0.39 is 0 Å². The molecule has 0 atom stereocenters. The van der Waals surface area contributed by atoms with Crippen LogP contribution in [0.4, 0.5) is 0 Å². The van der Waals surface area contributed by atoms with E-state index in [1.54, 1.807) is 36.4 Å². The summed E-state index contributed by atoms with van der Waals surface area (Å²) in [6, 6.07) is 22.8. The third-order valence-electron chi connectivity index (χ3n) is 4.36. The number of aromatic hydroxyl groups is 1. The molecule has 0 fully saturated rings. The number of nitrogens with one attached hydrogen (secondary N) is 1. The van der Waals surface area contributed by atoms with Gasteiger partial charge in [0.25, 0.3) is 11.5 Å². The van der Waals surface area contributed by atoms with Crippen molar-refractivity contribution in [1.82, 2.24) is 15.0 Å². The molecule has 0 aliphatic rings. The van der Waals surface area contributed by atoms with Gasteiger partial charge in [0.15, 0.2) is 5.16 Å². The molecular formula is C23H18N4O3S. The van der Waals surface area contributed by atoms with Gasteiger partial charge in [0.05, 0.1) is 28.6 Å². The third kappa shape index (κ3) is 4.81. The van der Waals surface area contributed by atoms with E-state index in [-0.39, 0.29) is 23.0 Å². The maximum absolute atomic E-state index is 13.1. The average molecular weight is 430 g/mol. The molecule has 4 aromatic rings. The van der Waals surface area contributed by atoms with Gasteiger partial charge < -0.3 is 5.11 Å². The van der Waals surface area contributed by atoms with Crippen LogP contribution in [0.25, 0.3) is 16.6 Å². The molecule has 1 heterocycles. The van der Waals surface area contributed by atoms with Gasteiger partial charge in [-0.25, -0.2) is 10.4 Å². The van der Waals surface area contributed by atoms with Gasteiger partial charge in [-0.1, -0.05) is 54.2 Å². The fourth-order valence-electron chi connectivity index (χ4n) is 2.96. The second-order valence-electron chi connectivity index (χ2n) is 6.56. The van der Waals surface area contributed by atoms with Crippen LogP contribution in [0.1, 0.15) is 5.56 Å². The fraction of sp³-hybridized carbons (Fsp3) is 0.0435. The van der Waals surface area contributed by atoms with Crippen LogP contribution in [-0.2, 0) is 4.79 Å². The number of phenols is 1. The molecule has 1 amide bonds. The Balaban J connectivity index is 1.55. The highest BCUT2D eigenvalue weighted by Gasteiger charge is 2.14. The molecule has 0 bridgehead atoms. The second-order valence-corrected chi connectivity index (χ2v) is 7.51. The van der Waals surface area contributed by atoms with Crippen molar-refractivity contribution in [1.29, 1.82) is 0 Å². The summed E-state index contributed by atoms with van der Waals surface area (Å²) in [6.45, 7) is 0. The Morgan fingerprint density at radius 3 is 2.65 bits per heavy atom. The van der Waals surface area contributed by atoms with E-state index >= 15 is 0 Å². The number of nitrogens with zero attached hydrogens (tertiary/aromatic N) is 3. The van der Waals surface area contributed by atoms with Gasteiger partial charge in [0.1, 0.15) is 5.75 Å². The van der Waals surface area contributed by atoms with Gasteiger partial charge in [0, 0.05) is 0 Å². The van der Waals surface area contributed by atoms with Gasteiger partial charge in [0.2, 0.25) is 0 Å². The number of hydrazone groups is 1. The lowest BCUT2D eigenvalue weighted by Gasteiger charge is -2.12. The van der Waals surface area contributed by atoms with Gasteiger partial charge >= 0.3 is 0 Å². The number of carbonyl (C=O) groups excluding carboxylic acids is 1. The number of amides is 1. The zero-order chi connectivity index (χ0) is 21.6. The van der Waals surface area contributed by atoms with Crippen LogP contribution in [-0.4, -0.2) is 32.5 Å². The lowest BCUT2D eigenvalue weighted by Crippen LogP contribution is -2.24. The summed E-state index contributed by atoms with van der Waals surface area (Å²) < 4.78 is 1.51. The minimum atomic E-state index is -0.344. The van der Waals surface area contributed by atoms with Crippen LogP contribution in [0, 0.1) is 0 Å². The lowest BCUT2D eigenvalue weighted by atomic mass is 10.2. The number of para-hydroxylation sites is 2. The van der Waals surface area contributed by atoms with Gasteiger partial charge in [-0.2, -0.15) is 5.10 Å². The van der Waals surface area contributed by atoms with Gasteiger partial charge in [-0.05, 0) is 42.0 Å². The fourth-order valence-corrected chi connectivity index (χ4v) is 3.77. The maximum Gasteiger partial charge on any atom is 0.266 e. The second kappa shape index (κ2) is 9.27. The molecule has 7 nitrogen and oxygen atoms in total. The summed E-state index contributed by atoms with van der Waals surface area (Å²) in [7, 11) is 0. The van der Waals surface area contributed by atoms with Crippen LogP contribution >= 0.6 is 11.8 Å². The van der Waals surface area contributed by atoms with E-state index in [1.165, 1.54) is 16.8 Å². The van der Waals surface area contributed by atoms with Crippen molar-refractivity contribution in [2.75, 3.05) is 5.75 Å². The number of hydrogen-bond acceptors (Lipinski definition) is 6. The highest BCUT2D eigenvalue weighted by molar-refractivity contribution is 7.99. The van der Waals surface area contributed by atoms with Crippen LogP contribution in [0.3, 0.4) is 0 Å². The predicted octanol–water partition coefficient (Wildman–Crippen LogP) is 3.33. The summed E-state index contributed by atoms with van der Waals surface area (Å²) in [5, 5.41) is 14.3. The first-order valence-corrected chi connectivity index (χ1v) is 10.4. The quantitative estimate of drug-likeness (QED) is 0.212. The molecule has 0 saturated carbocycles. The number of carbonyl (C=O) groups is 1. The first kappa shape index (κ1) is 20.4. The Kier molecular flexibility index (Phi) is 6.09. The zero-order valence-electron chi connectivity index (χ0n) is 16.3. The summed E-state index contributed by atoms with van der Waals surface area (Å²) >= 11 is 1.15. The van der Waals surface area contributed by atoms with Crippen molar-refractivity contribution in [2.24, 2.45) is 5.10 Å². The van der Waals surface area contributed by atoms with Crippen LogP contribution in [0.2, 0.25) is 0 Å².